The second kappa shape index (κ2) is 3.70. The third kappa shape index (κ3) is 1.55. The molecule has 0 saturated heterocycles. The van der Waals surface area contributed by atoms with Crippen molar-refractivity contribution in [2.24, 2.45) is 7.05 Å². The summed E-state index contributed by atoms with van der Waals surface area (Å²) < 4.78 is 2.13. The van der Waals surface area contributed by atoms with Crippen LogP contribution in [-0.4, -0.2) is 16.3 Å². The fourth-order valence-corrected chi connectivity index (χ4v) is 2.14. The van der Waals surface area contributed by atoms with E-state index in [0.717, 1.165) is 0 Å². The van der Waals surface area contributed by atoms with Crippen LogP contribution >= 0.6 is 0 Å². The highest BCUT2D eigenvalue weighted by Gasteiger charge is 2.13. The Hall–Kier alpha value is -1.28. The van der Waals surface area contributed by atoms with E-state index >= 15 is 0 Å². The molecule has 2 heteroatoms. The van der Waals surface area contributed by atoms with Crippen molar-refractivity contribution < 1.29 is 5.11 Å². The Morgan fingerprint density at radius 3 is 2.80 bits per heavy atom. The molecule has 15 heavy (non-hydrogen) atoms. The normalized spacial score (nSPS) is 13.3. The predicted octanol–water partition coefficient (Wildman–Crippen LogP) is 2.58. The molecule has 80 valence electrons. The fourth-order valence-electron chi connectivity index (χ4n) is 2.14. The monoisotopic (exact) mass is 203 g/mol. The van der Waals surface area contributed by atoms with Gasteiger partial charge in [0.25, 0.3) is 0 Å². The van der Waals surface area contributed by atoms with Gasteiger partial charge in [0.1, 0.15) is 0 Å². The minimum absolute atomic E-state index is 0.202. The molecule has 0 aliphatic carbocycles. The molecule has 0 bridgehead atoms. The van der Waals surface area contributed by atoms with E-state index in [1.807, 2.05) is 0 Å². The van der Waals surface area contributed by atoms with Crippen molar-refractivity contribution in [2.45, 2.75) is 19.8 Å². The lowest BCUT2D eigenvalue weighted by Gasteiger charge is -2.07. The molecule has 0 aliphatic rings. The van der Waals surface area contributed by atoms with Crippen molar-refractivity contribution in [2.75, 3.05) is 6.61 Å². The Morgan fingerprint density at radius 2 is 2.13 bits per heavy atom. The van der Waals surface area contributed by atoms with Crippen LogP contribution in [0.1, 0.15) is 24.0 Å². The largest absolute Gasteiger partial charge is 0.396 e. The van der Waals surface area contributed by atoms with Crippen LogP contribution < -0.4 is 0 Å². The van der Waals surface area contributed by atoms with E-state index in [0.29, 0.717) is 0 Å². The van der Waals surface area contributed by atoms with Crippen molar-refractivity contribution >= 4 is 10.9 Å². The Kier molecular flexibility index (Phi) is 2.53. The highest BCUT2D eigenvalue weighted by atomic mass is 16.3. The van der Waals surface area contributed by atoms with Gasteiger partial charge in [0.05, 0.1) is 0 Å². The van der Waals surface area contributed by atoms with Gasteiger partial charge in [-0.15, -0.1) is 0 Å². The number of fused-ring (bicyclic) bond motifs is 1. The van der Waals surface area contributed by atoms with E-state index in [4.69, 9.17) is 0 Å². The molecule has 1 aromatic heterocycles. The number of hydrogen-bond donors (Lipinski definition) is 1. The summed E-state index contributed by atoms with van der Waals surface area (Å²) in [5.74, 6) is 0.204. The summed E-state index contributed by atoms with van der Waals surface area (Å²) in [4.78, 5) is 0. The third-order valence-corrected chi connectivity index (χ3v) is 3.06. The summed E-state index contributed by atoms with van der Waals surface area (Å²) >= 11 is 0. The van der Waals surface area contributed by atoms with Crippen LogP contribution in [0, 0.1) is 6.92 Å². The molecule has 2 nitrogen and oxygen atoms in total. The summed E-state index contributed by atoms with van der Waals surface area (Å²) in [7, 11) is 2.05. The first-order chi connectivity index (χ1) is 7.15. The highest BCUT2D eigenvalue weighted by molar-refractivity contribution is 5.87. The predicted molar refractivity (Wildman–Crippen MR) is 63.2 cm³/mol. The second-order valence-corrected chi connectivity index (χ2v) is 4.25. The van der Waals surface area contributed by atoms with Crippen LogP contribution in [0.4, 0.5) is 0 Å². The first-order valence-corrected chi connectivity index (χ1v) is 5.30. The summed E-state index contributed by atoms with van der Waals surface area (Å²) in [5, 5.41) is 10.5. The van der Waals surface area contributed by atoms with Gasteiger partial charge < -0.3 is 9.67 Å². The molecule has 1 heterocycles. The lowest BCUT2D eigenvalue weighted by atomic mass is 9.99. The van der Waals surface area contributed by atoms with Crippen molar-refractivity contribution in [3.63, 3.8) is 0 Å². The van der Waals surface area contributed by atoms with Gasteiger partial charge in [-0.3, -0.25) is 0 Å². The zero-order valence-corrected chi connectivity index (χ0v) is 9.49. The Labute approximate surface area is 90.2 Å². The zero-order valence-electron chi connectivity index (χ0n) is 9.49. The molecule has 2 aromatic rings. The van der Waals surface area contributed by atoms with Crippen molar-refractivity contribution in [3.05, 3.63) is 35.5 Å². The first-order valence-electron chi connectivity index (χ1n) is 5.30. The van der Waals surface area contributed by atoms with Gasteiger partial charge in [-0.2, -0.15) is 0 Å². The van der Waals surface area contributed by atoms with Gasteiger partial charge in [-0.1, -0.05) is 19.1 Å². The minimum atomic E-state index is 0.202. The number of benzene rings is 1. The maximum Gasteiger partial charge on any atom is 0.0497 e. The van der Waals surface area contributed by atoms with Crippen LogP contribution in [-0.2, 0) is 7.05 Å². The number of aliphatic hydroxyl groups is 1. The number of aryl methyl sites for hydroxylation is 2. The van der Waals surface area contributed by atoms with Crippen molar-refractivity contribution in [1.82, 2.24) is 4.57 Å². The molecular weight excluding hydrogens is 186 g/mol. The van der Waals surface area contributed by atoms with Crippen LogP contribution in [0.3, 0.4) is 0 Å². The smallest absolute Gasteiger partial charge is 0.0497 e. The summed E-state index contributed by atoms with van der Waals surface area (Å²) in [6.45, 7) is 4.38. The molecule has 0 aliphatic heterocycles. The second-order valence-electron chi connectivity index (χ2n) is 4.25. The topological polar surface area (TPSA) is 25.2 Å². The lowest BCUT2D eigenvalue weighted by molar-refractivity contribution is 0.273. The van der Waals surface area contributed by atoms with E-state index in [9.17, 15) is 5.11 Å². The van der Waals surface area contributed by atoms with Crippen LogP contribution in [0.2, 0.25) is 0 Å². The number of aliphatic hydroxyl groups excluding tert-OH is 1. The van der Waals surface area contributed by atoms with Crippen molar-refractivity contribution in [3.8, 4) is 0 Å². The third-order valence-electron chi connectivity index (χ3n) is 3.06. The van der Waals surface area contributed by atoms with Crippen LogP contribution in [0.25, 0.3) is 10.9 Å². The molecule has 1 unspecified atom stereocenters. The average Bonchev–Trinajstić information content (AvgIpc) is 2.57. The molecule has 2 rings (SSSR count). The standard InChI is InChI=1S/C13H17NO/c1-9-5-4-6-12-13(9)11(7-14(12)3)10(2)8-15/h4-7,10,15H,8H2,1-3H3. The summed E-state index contributed by atoms with van der Waals surface area (Å²) in [6, 6.07) is 6.32. The fraction of sp³-hybridized carbons (Fsp3) is 0.385. The number of hydrogen-bond acceptors (Lipinski definition) is 1. The lowest BCUT2D eigenvalue weighted by Crippen LogP contribution is -1.98. The Balaban J connectivity index is 2.75. The van der Waals surface area contributed by atoms with Gasteiger partial charge in [-0.05, 0) is 24.1 Å². The first kappa shape index (κ1) is 10.2. The number of rotatable bonds is 2. The number of nitrogens with zero attached hydrogens (tertiary/aromatic N) is 1. The van der Waals surface area contributed by atoms with Gasteiger partial charge in [-0.25, -0.2) is 0 Å². The maximum absolute atomic E-state index is 9.24. The average molecular weight is 203 g/mol. The van der Waals surface area contributed by atoms with Gasteiger partial charge in [0.15, 0.2) is 0 Å². The molecule has 0 fully saturated rings. The summed E-state index contributed by atoms with van der Waals surface area (Å²) in [5.41, 5.74) is 3.77. The quantitative estimate of drug-likeness (QED) is 0.797. The zero-order chi connectivity index (χ0) is 11.0. The Bertz CT molecular complexity index is 484. The molecule has 1 aromatic carbocycles. The molecule has 0 spiro atoms. The van der Waals surface area contributed by atoms with E-state index < -0.39 is 0 Å². The van der Waals surface area contributed by atoms with Gasteiger partial charge in [0, 0.05) is 36.7 Å². The van der Waals surface area contributed by atoms with E-state index in [-0.39, 0.29) is 12.5 Å². The van der Waals surface area contributed by atoms with Crippen LogP contribution in [0.15, 0.2) is 24.4 Å². The molecule has 1 N–H and O–H groups in total. The molecule has 0 amide bonds. The van der Waals surface area contributed by atoms with Crippen molar-refractivity contribution in [1.29, 1.82) is 0 Å². The van der Waals surface area contributed by atoms with E-state index in [2.05, 4.69) is 49.9 Å². The summed E-state index contributed by atoms with van der Waals surface area (Å²) in [6.07, 6.45) is 2.12. The SMILES string of the molecule is Cc1cccc2c1c(C(C)CO)cn2C. The Morgan fingerprint density at radius 1 is 1.40 bits per heavy atom. The van der Waals surface area contributed by atoms with E-state index in [1.165, 1.54) is 22.0 Å². The molecule has 0 saturated carbocycles. The number of aromatic nitrogens is 1. The van der Waals surface area contributed by atoms with Gasteiger partial charge in [0.2, 0.25) is 0 Å². The highest BCUT2D eigenvalue weighted by Crippen LogP contribution is 2.29. The molecular formula is C13H17NO. The maximum atomic E-state index is 9.24. The van der Waals surface area contributed by atoms with Crippen LogP contribution in [0.5, 0.6) is 0 Å². The molecule has 1 atom stereocenters. The van der Waals surface area contributed by atoms with E-state index in [1.54, 1.807) is 0 Å². The van der Waals surface area contributed by atoms with Gasteiger partial charge >= 0.3 is 0 Å². The minimum Gasteiger partial charge on any atom is -0.396 e. The molecule has 0 radical (unpaired) electrons.